The number of aromatic amines is 1. The Kier molecular flexibility index (Phi) is 3.60. The highest BCUT2D eigenvalue weighted by Gasteiger charge is 2.19. The molecule has 0 aliphatic rings. The van der Waals surface area contributed by atoms with E-state index in [9.17, 15) is 4.79 Å². The molecule has 4 aromatic rings. The van der Waals surface area contributed by atoms with Crippen LogP contribution in [0.4, 0.5) is 0 Å². The molecule has 0 aliphatic carbocycles. The predicted molar refractivity (Wildman–Crippen MR) is 93.8 cm³/mol. The number of H-pyrrole nitrogens is 1. The first-order valence-corrected chi connectivity index (χ1v) is 7.75. The molecule has 2 heterocycles. The Morgan fingerprint density at radius 1 is 0.833 bits per heavy atom. The van der Waals surface area contributed by atoms with Crippen LogP contribution in [0, 0.1) is 0 Å². The zero-order chi connectivity index (χ0) is 16.4. The van der Waals surface area contributed by atoms with Gasteiger partial charge in [0.25, 0.3) is 0 Å². The molecule has 0 saturated heterocycles. The average Bonchev–Trinajstić information content (AvgIpc) is 3.32. The first kappa shape index (κ1) is 14.3. The fourth-order valence-corrected chi connectivity index (χ4v) is 2.78. The Balaban J connectivity index is 1.87. The molecule has 0 aliphatic heterocycles. The monoisotopic (exact) mass is 313 g/mol. The SMILES string of the molecule is O=C(c1ccccc1)c1[nH]c(-c2ccco2)cc1-c1ccccc1. The normalized spacial score (nSPS) is 10.7. The maximum absolute atomic E-state index is 13.0. The van der Waals surface area contributed by atoms with Crippen molar-refractivity contribution in [1.29, 1.82) is 0 Å². The van der Waals surface area contributed by atoms with Gasteiger partial charge in [-0.05, 0) is 23.8 Å². The number of furan rings is 1. The third kappa shape index (κ3) is 2.57. The second kappa shape index (κ2) is 6.05. The van der Waals surface area contributed by atoms with Gasteiger partial charge in [-0.25, -0.2) is 0 Å². The topological polar surface area (TPSA) is 46.0 Å². The number of carbonyl (C=O) groups excluding carboxylic acids is 1. The summed E-state index contributed by atoms with van der Waals surface area (Å²) in [4.78, 5) is 16.2. The molecule has 3 heteroatoms. The maximum Gasteiger partial charge on any atom is 0.209 e. The van der Waals surface area contributed by atoms with Crippen molar-refractivity contribution in [2.24, 2.45) is 0 Å². The Hall–Kier alpha value is -3.33. The lowest BCUT2D eigenvalue weighted by atomic mass is 10.0. The van der Waals surface area contributed by atoms with Gasteiger partial charge >= 0.3 is 0 Å². The van der Waals surface area contributed by atoms with Crippen LogP contribution in [0.15, 0.2) is 89.5 Å². The summed E-state index contributed by atoms with van der Waals surface area (Å²) in [6, 6.07) is 24.8. The molecule has 0 radical (unpaired) electrons. The molecule has 1 N–H and O–H groups in total. The van der Waals surface area contributed by atoms with E-state index in [0.29, 0.717) is 17.0 Å². The zero-order valence-electron chi connectivity index (χ0n) is 12.9. The number of benzene rings is 2. The van der Waals surface area contributed by atoms with E-state index in [1.165, 1.54) is 0 Å². The van der Waals surface area contributed by atoms with Crippen molar-refractivity contribution in [3.05, 3.63) is 96.4 Å². The van der Waals surface area contributed by atoms with Gasteiger partial charge in [0.15, 0.2) is 0 Å². The molecule has 2 aromatic heterocycles. The summed E-state index contributed by atoms with van der Waals surface area (Å²) in [5, 5.41) is 0. The summed E-state index contributed by atoms with van der Waals surface area (Å²) in [5.74, 6) is 0.673. The second-order valence-electron chi connectivity index (χ2n) is 5.51. The molecule has 0 bridgehead atoms. The van der Waals surface area contributed by atoms with Gasteiger partial charge in [-0.3, -0.25) is 4.79 Å². The third-order valence-corrected chi connectivity index (χ3v) is 3.95. The number of carbonyl (C=O) groups is 1. The number of hydrogen-bond donors (Lipinski definition) is 1. The van der Waals surface area contributed by atoms with Gasteiger partial charge in [0.1, 0.15) is 5.76 Å². The molecule has 0 amide bonds. The van der Waals surface area contributed by atoms with Gasteiger partial charge in [-0.2, -0.15) is 0 Å². The van der Waals surface area contributed by atoms with Crippen LogP contribution in [0.5, 0.6) is 0 Å². The first-order chi connectivity index (χ1) is 11.8. The second-order valence-corrected chi connectivity index (χ2v) is 5.51. The van der Waals surface area contributed by atoms with Crippen molar-refractivity contribution < 1.29 is 9.21 Å². The number of ketones is 1. The minimum Gasteiger partial charge on any atom is -0.463 e. The van der Waals surface area contributed by atoms with Crippen LogP contribution in [0.3, 0.4) is 0 Å². The van der Waals surface area contributed by atoms with E-state index in [1.807, 2.05) is 78.9 Å². The maximum atomic E-state index is 13.0. The lowest BCUT2D eigenvalue weighted by molar-refractivity contribution is 0.103. The van der Waals surface area contributed by atoms with E-state index in [1.54, 1.807) is 6.26 Å². The number of hydrogen-bond acceptors (Lipinski definition) is 2. The van der Waals surface area contributed by atoms with Crippen molar-refractivity contribution in [2.75, 3.05) is 0 Å². The highest BCUT2D eigenvalue weighted by atomic mass is 16.3. The van der Waals surface area contributed by atoms with E-state index < -0.39 is 0 Å². The smallest absolute Gasteiger partial charge is 0.209 e. The summed E-state index contributed by atoms with van der Waals surface area (Å²) in [6.07, 6.45) is 1.62. The largest absolute Gasteiger partial charge is 0.463 e. The minimum atomic E-state index is -0.0349. The molecular weight excluding hydrogens is 298 g/mol. The molecule has 0 atom stereocenters. The fourth-order valence-electron chi connectivity index (χ4n) is 2.78. The van der Waals surface area contributed by atoms with E-state index in [4.69, 9.17) is 4.42 Å². The van der Waals surface area contributed by atoms with Crippen LogP contribution in [-0.4, -0.2) is 10.8 Å². The van der Waals surface area contributed by atoms with Gasteiger partial charge in [0, 0.05) is 11.1 Å². The number of aromatic nitrogens is 1. The highest BCUT2D eigenvalue weighted by molar-refractivity contribution is 6.12. The summed E-state index contributed by atoms with van der Waals surface area (Å²) in [7, 11) is 0. The first-order valence-electron chi connectivity index (χ1n) is 7.75. The standard InChI is InChI=1S/C21H15NO2/c23-21(16-10-5-2-6-11-16)20-17(15-8-3-1-4-9-15)14-18(22-20)19-12-7-13-24-19/h1-14,22H. The minimum absolute atomic E-state index is 0.0349. The van der Waals surface area contributed by atoms with E-state index in [0.717, 1.165) is 16.8 Å². The van der Waals surface area contributed by atoms with Crippen LogP contribution in [0.25, 0.3) is 22.6 Å². The molecule has 0 unspecified atom stereocenters. The third-order valence-electron chi connectivity index (χ3n) is 3.95. The molecule has 116 valence electrons. The molecule has 3 nitrogen and oxygen atoms in total. The molecule has 0 spiro atoms. The Labute approximate surface area is 139 Å². The van der Waals surface area contributed by atoms with Gasteiger partial charge in [0.2, 0.25) is 5.78 Å². The van der Waals surface area contributed by atoms with Gasteiger partial charge < -0.3 is 9.40 Å². The molecule has 4 rings (SSSR count). The molecule has 2 aromatic carbocycles. The van der Waals surface area contributed by atoms with Gasteiger partial charge in [-0.1, -0.05) is 60.7 Å². The van der Waals surface area contributed by atoms with Crippen LogP contribution < -0.4 is 0 Å². The van der Waals surface area contributed by atoms with E-state index >= 15 is 0 Å². The van der Waals surface area contributed by atoms with Crippen molar-refractivity contribution >= 4 is 5.78 Å². The molecular formula is C21H15NO2. The summed E-state index contributed by atoms with van der Waals surface area (Å²) in [6.45, 7) is 0. The summed E-state index contributed by atoms with van der Waals surface area (Å²) in [5.41, 5.74) is 3.88. The van der Waals surface area contributed by atoms with E-state index in [-0.39, 0.29) is 5.78 Å². The quantitative estimate of drug-likeness (QED) is 0.528. The molecule has 0 fully saturated rings. The number of rotatable bonds is 4. The molecule has 0 saturated carbocycles. The molecule has 24 heavy (non-hydrogen) atoms. The summed E-state index contributed by atoms with van der Waals surface area (Å²) >= 11 is 0. The van der Waals surface area contributed by atoms with Crippen LogP contribution >= 0.6 is 0 Å². The predicted octanol–water partition coefficient (Wildman–Crippen LogP) is 5.17. The highest BCUT2D eigenvalue weighted by Crippen LogP contribution is 2.31. The van der Waals surface area contributed by atoms with Crippen molar-refractivity contribution in [1.82, 2.24) is 4.98 Å². The van der Waals surface area contributed by atoms with Crippen molar-refractivity contribution in [3.8, 4) is 22.6 Å². The average molecular weight is 313 g/mol. The Morgan fingerprint density at radius 3 is 2.21 bits per heavy atom. The lowest BCUT2D eigenvalue weighted by Gasteiger charge is -2.04. The van der Waals surface area contributed by atoms with Crippen molar-refractivity contribution in [2.45, 2.75) is 0 Å². The van der Waals surface area contributed by atoms with Gasteiger partial charge in [0.05, 0.1) is 17.7 Å². The Bertz CT molecular complexity index is 952. The van der Waals surface area contributed by atoms with Crippen LogP contribution in [0.2, 0.25) is 0 Å². The van der Waals surface area contributed by atoms with E-state index in [2.05, 4.69) is 4.98 Å². The lowest BCUT2D eigenvalue weighted by Crippen LogP contribution is -2.03. The summed E-state index contributed by atoms with van der Waals surface area (Å²) < 4.78 is 5.47. The van der Waals surface area contributed by atoms with Crippen molar-refractivity contribution in [3.63, 3.8) is 0 Å². The van der Waals surface area contributed by atoms with Crippen LogP contribution in [-0.2, 0) is 0 Å². The van der Waals surface area contributed by atoms with Crippen LogP contribution in [0.1, 0.15) is 16.1 Å². The number of nitrogens with one attached hydrogen (secondary N) is 1. The Morgan fingerprint density at radius 2 is 1.54 bits per heavy atom. The fraction of sp³-hybridized carbons (Fsp3) is 0. The van der Waals surface area contributed by atoms with Gasteiger partial charge in [-0.15, -0.1) is 0 Å². The zero-order valence-corrected chi connectivity index (χ0v) is 12.9.